The molecule has 0 aromatic heterocycles. The second kappa shape index (κ2) is 4.66. The van der Waals surface area contributed by atoms with Gasteiger partial charge in [-0.05, 0) is 6.92 Å². The van der Waals surface area contributed by atoms with Crippen LogP contribution in [0.15, 0.2) is 0 Å². The van der Waals surface area contributed by atoms with Gasteiger partial charge >= 0.3 is 11.8 Å². The Morgan fingerprint density at radius 2 is 2.33 bits per heavy atom. The molecule has 0 aliphatic carbocycles. The average Bonchev–Trinajstić information content (AvgIpc) is 2.03. The third-order valence-corrected chi connectivity index (χ3v) is 0.977. The van der Waals surface area contributed by atoms with Crippen LogP contribution in [0.4, 0.5) is 0 Å². The van der Waals surface area contributed by atoms with Gasteiger partial charge in [0.15, 0.2) is 0 Å². The summed E-state index contributed by atoms with van der Waals surface area (Å²) in [5.41, 5.74) is 0. The zero-order chi connectivity index (χ0) is 9.61. The molecule has 68 valence electrons. The molecule has 0 saturated carbocycles. The molecule has 1 atom stereocenters. The highest BCUT2D eigenvalue weighted by molar-refractivity contribution is 5.79. The zero-order valence-electron chi connectivity index (χ0n) is 6.73. The molecule has 1 unspecified atom stereocenters. The van der Waals surface area contributed by atoms with Gasteiger partial charge in [0.1, 0.15) is 6.07 Å². The predicted octanol–water partition coefficient (Wildman–Crippen LogP) is -0.0946. The third-order valence-electron chi connectivity index (χ3n) is 0.977. The number of carbonyl (C=O) groups is 1. The van der Waals surface area contributed by atoms with Gasteiger partial charge in [0.25, 0.3) is 0 Å². The van der Waals surface area contributed by atoms with Crippen LogP contribution in [0.2, 0.25) is 0 Å². The number of nitriles is 1. The van der Waals surface area contributed by atoms with Gasteiger partial charge in [-0.1, -0.05) is 0 Å². The Hall–Kier alpha value is -1.16. The van der Waals surface area contributed by atoms with E-state index in [4.69, 9.17) is 10.4 Å². The number of aliphatic carboxylic acids is 1. The van der Waals surface area contributed by atoms with Crippen LogP contribution < -0.4 is 0 Å². The van der Waals surface area contributed by atoms with Crippen LogP contribution >= 0.6 is 0 Å². The number of nitrogens with zero attached hydrogens (tertiary/aromatic N) is 1. The highest BCUT2D eigenvalue weighted by atomic mass is 17.2. The van der Waals surface area contributed by atoms with E-state index in [1.807, 2.05) is 0 Å². The van der Waals surface area contributed by atoms with Crippen molar-refractivity contribution in [3.8, 4) is 6.07 Å². The first-order chi connectivity index (χ1) is 5.63. The van der Waals surface area contributed by atoms with Crippen LogP contribution in [0.5, 0.6) is 0 Å². The normalized spacial score (nSPS) is 14.8. The summed E-state index contributed by atoms with van der Waals surface area (Å²) in [7, 11) is 1.09. The topological polar surface area (TPSA) is 88.8 Å². The minimum absolute atomic E-state index is 0.0310. The molecule has 0 aliphatic rings. The van der Waals surface area contributed by atoms with Crippen molar-refractivity contribution in [2.24, 2.45) is 0 Å². The highest BCUT2D eigenvalue weighted by Crippen LogP contribution is 2.12. The summed E-state index contributed by atoms with van der Waals surface area (Å²) in [5, 5.41) is 17.0. The van der Waals surface area contributed by atoms with E-state index in [0.717, 1.165) is 7.11 Å². The van der Waals surface area contributed by atoms with Gasteiger partial charge in [0.2, 0.25) is 0 Å². The number of rotatable bonds is 5. The lowest BCUT2D eigenvalue weighted by Gasteiger charge is -2.18. The minimum atomic E-state index is -2.36. The van der Waals surface area contributed by atoms with Crippen LogP contribution in [0.25, 0.3) is 0 Å². The van der Waals surface area contributed by atoms with E-state index in [9.17, 15) is 4.79 Å². The molecule has 0 radical (unpaired) electrons. The van der Waals surface area contributed by atoms with Crippen molar-refractivity contribution in [1.82, 2.24) is 0 Å². The van der Waals surface area contributed by atoms with Crippen LogP contribution in [-0.4, -0.2) is 30.6 Å². The molecular formula is C6H9NO5. The predicted molar refractivity (Wildman–Crippen MR) is 35.7 cm³/mol. The Balaban J connectivity index is 4.54. The molecule has 0 amide bonds. The fourth-order valence-corrected chi connectivity index (χ4v) is 0.541. The third kappa shape index (κ3) is 2.17. The van der Waals surface area contributed by atoms with Crippen molar-refractivity contribution in [3.05, 3.63) is 0 Å². The SMILES string of the molecule is CCOC(C#N)(OOC)C(=O)O. The molecule has 0 heterocycles. The smallest absolute Gasteiger partial charge is 0.387 e. The Morgan fingerprint density at radius 1 is 1.75 bits per heavy atom. The quantitative estimate of drug-likeness (QED) is 0.356. The Labute approximate surface area is 69.2 Å². The van der Waals surface area contributed by atoms with Crippen LogP contribution in [0, 0.1) is 11.3 Å². The maximum absolute atomic E-state index is 10.5. The standard InChI is InChI=1S/C6H9NO5/c1-3-11-6(4-7,5(8)9)12-10-2/h3H2,1-2H3,(H,8,9). The van der Waals surface area contributed by atoms with Crippen molar-refractivity contribution < 1.29 is 24.4 Å². The van der Waals surface area contributed by atoms with Gasteiger partial charge in [0.05, 0.1) is 7.11 Å². The molecule has 0 rings (SSSR count). The maximum Gasteiger partial charge on any atom is 0.387 e. The fourth-order valence-electron chi connectivity index (χ4n) is 0.541. The van der Waals surface area contributed by atoms with Gasteiger partial charge in [-0.15, -0.1) is 0 Å². The molecule has 0 aromatic carbocycles. The Kier molecular flexibility index (Phi) is 4.21. The van der Waals surface area contributed by atoms with Gasteiger partial charge in [0, 0.05) is 6.61 Å². The highest BCUT2D eigenvalue weighted by Gasteiger charge is 2.43. The van der Waals surface area contributed by atoms with Crippen molar-refractivity contribution in [2.45, 2.75) is 12.7 Å². The lowest BCUT2D eigenvalue weighted by molar-refractivity contribution is -0.384. The van der Waals surface area contributed by atoms with Crippen molar-refractivity contribution in [1.29, 1.82) is 5.26 Å². The van der Waals surface area contributed by atoms with E-state index in [0.29, 0.717) is 0 Å². The molecule has 12 heavy (non-hydrogen) atoms. The lowest BCUT2D eigenvalue weighted by atomic mass is 10.3. The molecule has 0 saturated heterocycles. The first-order valence-electron chi connectivity index (χ1n) is 3.13. The first-order valence-corrected chi connectivity index (χ1v) is 3.13. The minimum Gasteiger partial charge on any atom is -0.476 e. The second-order valence-electron chi connectivity index (χ2n) is 1.72. The van der Waals surface area contributed by atoms with Gasteiger partial charge in [-0.25, -0.2) is 9.68 Å². The van der Waals surface area contributed by atoms with E-state index < -0.39 is 11.8 Å². The zero-order valence-corrected chi connectivity index (χ0v) is 6.73. The monoisotopic (exact) mass is 175 g/mol. The number of carboxylic acid groups (broad SMARTS) is 1. The van der Waals surface area contributed by atoms with E-state index in [-0.39, 0.29) is 6.61 Å². The molecular weight excluding hydrogens is 166 g/mol. The van der Waals surface area contributed by atoms with Crippen LogP contribution in [0.3, 0.4) is 0 Å². The largest absolute Gasteiger partial charge is 0.476 e. The van der Waals surface area contributed by atoms with Crippen molar-refractivity contribution in [2.75, 3.05) is 13.7 Å². The second-order valence-corrected chi connectivity index (χ2v) is 1.72. The van der Waals surface area contributed by atoms with Crippen LogP contribution in [0.1, 0.15) is 6.92 Å². The summed E-state index contributed by atoms with van der Waals surface area (Å²) >= 11 is 0. The molecule has 1 N–H and O–H groups in total. The number of carboxylic acids is 1. The summed E-state index contributed by atoms with van der Waals surface area (Å²) in [6, 6.07) is 1.35. The van der Waals surface area contributed by atoms with Crippen molar-refractivity contribution >= 4 is 5.97 Å². The van der Waals surface area contributed by atoms with Gasteiger partial charge in [-0.3, -0.25) is 0 Å². The molecule has 0 spiro atoms. The van der Waals surface area contributed by atoms with Gasteiger partial charge < -0.3 is 9.84 Å². The molecule has 0 fully saturated rings. The molecule has 6 heteroatoms. The number of hydrogen-bond donors (Lipinski definition) is 1. The van der Waals surface area contributed by atoms with Crippen LogP contribution in [-0.2, 0) is 19.3 Å². The molecule has 6 nitrogen and oxygen atoms in total. The molecule has 0 aromatic rings. The summed E-state index contributed by atoms with van der Waals surface area (Å²) in [4.78, 5) is 18.8. The number of ether oxygens (including phenoxy) is 1. The fraction of sp³-hybridized carbons (Fsp3) is 0.667. The summed E-state index contributed by atoms with van der Waals surface area (Å²) in [6.07, 6.45) is 0. The number of hydrogen-bond acceptors (Lipinski definition) is 5. The first kappa shape index (κ1) is 10.8. The Bertz CT molecular complexity index is 191. The average molecular weight is 175 g/mol. The van der Waals surface area contributed by atoms with Gasteiger partial charge in [-0.2, -0.15) is 10.1 Å². The summed E-state index contributed by atoms with van der Waals surface area (Å²) in [5.74, 6) is -3.91. The Morgan fingerprint density at radius 3 is 2.58 bits per heavy atom. The van der Waals surface area contributed by atoms with E-state index in [1.165, 1.54) is 13.0 Å². The summed E-state index contributed by atoms with van der Waals surface area (Å²) in [6.45, 7) is 1.57. The lowest BCUT2D eigenvalue weighted by Crippen LogP contribution is -2.42. The van der Waals surface area contributed by atoms with E-state index >= 15 is 0 Å². The van der Waals surface area contributed by atoms with E-state index in [1.54, 1.807) is 0 Å². The maximum atomic E-state index is 10.5. The molecule has 0 aliphatic heterocycles. The molecule has 0 bridgehead atoms. The summed E-state index contributed by atoms with van der Waals surface area (Å²) < 4.78 is 4.57. The van der Waals surface area contributed by atoms with Crippen molar-refractivity contribution in [3.63, 3.8) is 0 Å². The van der Waals surface area contributed by atoms with E-state index in [2.05, 4.69) is 14.5 Å².